The molecular weight excluding hydrogens is 454 g/mol. The van der Waals surface area contributed by atoms with E-state index in [0.29, 0.717) is 18.5 Å². The molecule has 0 aromatic carbocycles. The lowest BCUT2D eigenvalue weighted by molar-refractivity contribution is -0.131. The Hall–Kier alpha value is -2.38. The summed E-state index contributed by atoms with van der Waals surface area (Å²) in [6, 6.07) is 0.479. The van der Waals surface area contributed by atoms with Crippen LogP contribution >= 0.6 is 0 Å². The standard InChI is InChI=1S/C29H49N3O4/c1-12-24-25(16-18-32(24)26(33)19-30-27(34)36-28(7,8)9)31(11)23(6)15-17-29(10,35)22(5)14-13-21(4)20(2)3/h13-14,23-25,35H,2,4-5,12,15-19H2,1,3,6-11H3,(H,30,34)/b14-13-. The monoisotopic (exact) mass is 503 g/mol. The van der Waals surface area contributed by atoms with Gasteiger partial charge in [-0.05, 0) is 85.4 Å². The van der Waals surface area contributed by atoms with Gasteiger partial charge in [-0.15, -0.1) is 0 Å². The molecule has 1 fully saturated rings. The molecule has 4 atom stereocenters. The lowest BCUT2D eigenvalue weighted by Gasteiger charge is -2.37. The van der Waals surface area contributed by atoms with Crippen LogP contribution in [0.4, 0.5) is 4.79 Å². The highest BCUT2D eigenvalue weighted by Crippen LogP contribution is 2.29. The van der Waals surface area contributed by atoms with Gasteiger partial charge < -0.3 is 20.1 Å². The van der Waals surface area contributed by atoms with Crippen LogP contribution in [0.15, 0.2) is 48.6 Å². The lowest BCUT2D eigenvalue weighted by Crippen LogP contribution is -2.50. The normalized spacial score (nSPS) is 20.8. The zero-order valence-corrected chi connectivity index (χ0v) is 23.8. The number of rotatable bonds is 12. The van der Waals surface area contributed by atoms with Gasteiger partial charge in [-0.3, -0.25) is 9.69 Å². The molecule has 0 radical (unpaired) electrons. The fourth-order valence-electron chi connectivity index (χ4n) is 4.38. The highest BCUT2D eigenvalue weighted by molar-refractivity contribution is 5.82. The van der Waals surface area contributed by atoms with Crippen molar-refractivity contribution in [3.8, 4) is 0 Å². The highest BCUT2D eigenvalue weighted by atomic mass is 16.6. The van der Waals surface area contributed by atoms with Crippen LogP contribution in [0.25, 0.3) is 0 Å². The summed E-state index contributed by atoms with van der Waals surface area (Å²) in [4.78, 5) is 29.0. The molecule has 7 heteroatoms. The second kappa shape index (κ2) is 13.2. The first kappa shape index (κ1) is 31.6. The third-order valence-electron chi connectivity index (χ3n) is 7.02. The highest BCUT2D eigenvalue weighted by Gasteiger charge is 2.39. The van der Waals surface area contributed by atoms with E-state index in [1.807, 2.05) is 24.0 Å². The van der Waals surface area contributed by atoms with Gasteiger partial charge in [-0.25, -0.2) is 4.79 Å². The van der Waals surface area contributed by atoms with E-state index in [0.717, 1.165) is 30.4 Å². The predicted octanol–water partition coefficient (Wildman–Crippen LogP) is 4.99. The third-order valence-corrected chi connectivity index (χ3v) is 7.02. The number of hydrogen-bond acceptors (Lipinski definition) is 5. The van der Waals surface area contributed by atoms with Gasteiger partial charge in [-0.1, -0.05) is 44.4 Å². The number of aliphatic hydroxyl groups is 1. The smallest absolute Gasteiger partial charge is 0.408 e. The van der Waals surface area contributed by atoms with Gasteiger partial charge in [0.05, 0.1) is 5.60 Å². The van der Waals surface area contributed by atoms with Crippen molar-refractivity contribution in [2.24, 2.45) is 0 Å². The number of likely N-dealkylation sites (N-methyl/N-ethyl adjacent to an activating group) is 1. The van der Waals surface area contributed by atoms with Crippen molar-refractivity contribution < 1.29 is 19.4 Å². The molecule has 2 amide bonds. The third kappa shape index (κ3) is 9.58. The van der Waals surface area contributed by atoms with Crippen LogP contribution in [0.5, 0.6) is 0 Å². The Bertz CT molecular complexity index is 853. The Morgan fingerprint density at radius 2 is 1.83 bits per heavy atom. The molecule has 7 nitrogen and oxygen atoms in total. The maximum atomic E-state index is 12.9. The number of nitrogens with one attached hydrogen (secondary N) is 1. The summed E-state index contributed by atoms with van der Waals surface area (Å²) in [5, 5.41) is 13.6. The van der Waals surface area contributed by atoms with Gasteiger partial charge in [0, 0.05) is 24.7 Å². The number of amides is 2. The molecular formula is C29H49N3O4. The molecule has 1 aliphatic rings. The van der Waals surface area contributed by atoms with Crippen molar-refractivity contribution in [2.75, 3.05) is 20.1 Å². The molecule has 1 heterocycles. The fourth-order valence-corrected chi connectivity index (χ4v) is 4.38. The Morgan fingerprint density at radius 3 is 2.36 bits per heavy atom. The fraction of sp³-hybridized carbons (Fsp3) is 0.655. The molecule has 1 rings (SSSR count). The molecule has 1 aliphatic heterocycles. The van der Waals surface area contributed by atoms with Crippen molar-refractivity contribution in [1.29, 1.82) is 0 Å². The van der Waals surface area contributed by atoms with Crippen LogP contribution in [0.1, 0.15) is 74.1 Å². The Kier molecular flexibility index (Phi) is 11.6. The van der Waals surface area contributed by atoms with Crippen LogP contribution in [-0.4, -0.2) is 76.4 Å². The summed E-state index contributed by atoms with van der Waals surface area (Å²) in [6.07, 6.45) is 6.09. The van der Waals surface area contributed by atoms with Gasteiger partial charge in [0.1, 0.15) is 12.1 Å². The number of likely N-dealkylation sites (tertiary alicyclic amines) is 1. The molecule has 204 valence electrons. The van der Waals surface area contributed by atoms with E-state index < -0.39 is 17.3 Å². The molecule has 2 N–H and O–H groups in total. The number of nitrogens with zero attached hydrogens (tertiary/aromatic N) is 2. The number of hydrogen-bond donors (Lipinski definition) is 2. The second-order valence-electron chi connectivity index (χ2n) is 11.3. The van der Waals surface area contributed by atoms with Gasteiger partial charge >= 0.3 is 6.09 Å². The maximum Gasteiger partial charge on any atom is 0.408 e. The second-order valence-corrected chi connectivity index (χ2v) is 11.3. The van der Waals surface area contributed by atoms with Gasteiger partial charge in [0.25, 0.3) is 0 Å². The number of allylic oxidation sites excluding steroid dienone is 3. The average Bonchev–Trinajstić information content (AvgIpc) is 3.21. The topological polar surface area (TPSA) is 82.1 Å². The summed E-state index contributed by atoms with van der Waals surface area (Å²) in [5.41, 5.74) is 0.692. The zero-order chi connectivity index (χ0) is 27.8. The number of carbonyl (C=O) groups is 2. The van der Waals surface area contributed by atoms with Gasteiger partial charge in [-0.2, -0.15) is 0 Å². The summed E-state index contributed by atoms with van der Waals surface area (Å²) < 4.78 is 5.24. The lowest BCUT2D eigenvalue weighted by atomic mass is 9.89. The van der Waals surface area contributed by atoms with E-state index in [2.05, 4.69) is 50.8 Å². The zero-order valence-electron chi connectivity index (χ0n) is 23.8. The van der Waals surface area contributed by atoms with Gasteiger partial charge in [0.2, 0.25) is 5.91 Å². The van der Waals surface area contributed by atoms with Gasteiger partial charge in [0.15, 0.2) is 0 Å². The first-order chi connectivity index (χ1) is 16.5. The van der Waals surface area contributed by atoms with Crippen LogP contribution in [-0.2, 0) is 9.53 Å². The van der Waals surface area contributed by atoms with E-state index in [-0.39, 0.29) is 30.6 Å². The summed E-state index contributed by atoms with van der Waals surface area (Å²) in [5.74, 6) is -0.0985. The Morgan fingerprint density at radius 1 is 1.22 bits per heavy atom. The quantitative estimate of drug-likeness (QED) is 0.367. The van der Waals surface area contributed by atoms with Crippen molar-refractivity contribution in [1.82, 2.24) is 15.1 Å². The van der Waals surface area contributed by atoms with Crippen LogP contribution in [0.3, 0.4) is 0 Å². The van der Waals surface area contributed by atoms with Crippen LogP contribution < -0.4 is 5.32 Å². The van der Waals surface area contributed by atoms with E-state index in [4.69, 9.17) is 4.74 Å². The Labute approximate surface area is 218 Å². The molecule has 1 saturated heterocycles. The average molecular weight is 504 g/mol. The Balaban J connectivity index is 2.69. The van der Waals surface area contributed by atoms with Crippen LogP contribution in [0.2, 0.25) is 0 Å². The molecule has 36 heavy (non-hydrogen) atoms. The minimum Gasteiger partial charge on any atom is -0.444 e. The molecule has 0 aromatic rings. The maximum absolute atomic E-state index is 12.9. The number of alkyl carbamates (subject to hydrolysis) is 1. The van der Waals surface area contributed by atoms with Crippen molar-refractivity contribution >= 4 is 12.0 Å². The molecule has 4 unspecified atom stereocenters. The molecule has 0 spiro atoms. The van der Waals surface area contributed by atoms with E-state index in [9.17, 15) is 14.7 Å². The number of carbonyl (C=O) groups excluding carboxylic acids is 2. The molecule has 0 bridgehead atoms. The molecule has 0 saturated carbocycles. The minimum absolute atomic E-state index is 0.0666. The van der Waals surface area contributed by atoms with E-state index >= 15 is 0 Å². The first-order valence-corrected chi connectivity index (χ1v) is 12.9. The summed E-state index contributed by atoms with van der Waals surface area (Å²) in [7, 11) is 2.09. The molecule has 0 aromatic heterocycles. The largest absolute Gasteiger partial charge is 0.444 e. The summed E-state index contributed by atoms with van der Waals surface area (Å²) >= 11 is 0. The first-order valence-electron chi connectivity index (χ1n) is 12.9. The predicted molar refractivity (Wildman–Crippen MR) is 148 cm³/mol. The van der Waals surface area contributed by atoms with Crippen molar-refractivity contribution in [3.05, 3.63) is 48.6 Å². The minimum atomic E-state index is -1.03. The van der Waals surface area contributed by atoms with E-state index in [1.54, 1.807) is 27.7 Å². The SMILES string of the molecule is C=C(C)C(=C)/C=C\C(=C)C(C)(O)CCC(C)N(C)C1CCN(C(=O)CNC(=O)OC(C)(C)C)C1CC. The van der Waals surface area contributed by atoms with Crippen LogP contribution in [0, 0.1) is 0 Å². The van der Waals surface area contributed by atoms with Crippen molar-refractivity contribution in [2.45, 2.75) is 103 Å². The van der Waals surface area contributed by atoms with E-state index in [1.165, 1.54) is 0 Å². The summed E-state index contributed by atoms with van der Waals surface area (Å²) in [6.45, 7) is 25.7. The number of ether oxygens (including phenoxy) is 1. The molecule has 0 aliphatic carbocycles. The van der Waals surface area contributed by atoms with Crippen molar-refractivity contribution in [3.63, 3.8) is 0 Å².